The largest absolute Gasteiger partial charge is 0.397 e. The van der Waals surface area contributed by atoms with E-state index in [1.807, 2.05) is 22.6 Å². The molecule has 0 spiro atoms. The van der Waals surface area contributed by atoms with E-state index < -0.39 is 0 Å². The van der Waals surface area contributed by atoms with Crippen molar-refractivity contribution in [2.75, 3.05) is 23.7 Å². The molecule has 1 aromatic carbocycles. The first-order chi connectivity index (χ1) is 7.58. The molecule has 2 rings (SSSR count). The highest BCUT2D eigenvalue weighted by Gasteiger charge is 2.19. The van der Waals surface area contributed by atoms with Gasteiger partial charge in [0.05, 0.1) is 14.9 Å². The molecule has 88 valence electrons. The van der Waals surface area contributed by atoms with Gasteiger partial charge in [-0.2, -0.15) is 0 Å². The summed E-state index contributed by atoms with van der Waals surface area (Å²) >= 11 is 1.97. The zero-order chi connectivity index (χ0) is 11.7. The molecule has 0 aromatic heterocycles. The lowest BCUT2D eigenvalue weighted by atomic mass is 9.99. The van der Waals surface area contributed by atoms with Crippen LogP contribution in [0.15, 0.2) is 12.1 Å². The molecule has 0 bridgehead atoms. The highest BCUT2D eigenvalue weighted by molar-refractivity contribution is 14.1. The van der Waals surface area contributed by atoms with Crippen molar-refractivity contribution in [1.29, 1.82) is 0 Å². The van der Waals surface area contributed by atoms with E-state index in [-0.39, 0.29) is 5.82 Å². The maximum absolute atomic E-state index is 13.5. The Morgan fingerprint density at radius 3 is 2.94 bits per heavy atom. The summed E-state index contributed by atoms with van der Waals surface area (Å²) in [5.74, 6) is 0.485. The van der Waals surface area contributed by atoms with Gasteiger partial charge in [0, 0.05) is 19.2 Å². The molecule has 0 aliphatic carbocycles. The Hall–Kier alpha value is -0.520. The van der Waals surface area contributed by atoms with Crippen LogP contribution in [0.2, 0.25) is 0 Å². The van der Waals surface area contributed by atoms with Crippen LogP contribution >= 0.6 is 22.6 Å². The monoisotopic (exact) mass is 334 g/mol. The van der Waals surface area contributed by atoms with E-state index in [1.165, 1.54) is 6.42 Å². The van der Waals surface area contributed by atoms with Crippen LogP contribution in [-0.2, 0) is 0 Å². The van der Waals surface area contributed by atoms with Gasteiger partial charge < -0.3 is 10.6 Å². The molecular formula is C12H16FIN2. The van der Waals surface area contributed by atoms with Gasteiger partial charge in [-0.3, -0.25) is 0 Å². The lowest BCUT2D eigenvalue weighted by Gasteiger charge is -2.33. The molecule has 16 heavy (non-hydrogen) atoms. The van der Waals surface area contributed by atoms with Crippen molar-refractivity contribution >= 4 is 34.0 Å². The number of nitrogens with two attached hydrogens (primary N) is 1. The van der Waals surface area contributed by atoms with Crippen molar-refractivity contribution in [3.8, 4) is 0 Å². The molecular weight excluding hydrogens is 318 g/mol. The minimum absolute atomic E-state index is 0.178. The number of piperidine rings is 1. The summed E-state index contributed by atoms with van der Waals surface area (Å²) in [5, 5.41) is 0. The molecule has 4 heteroatoms. The summed E-state index contributed by atoms with van der Waals surface area (Å²) in [5.41, 5.74) is 7.49. The Labute approximate surface area is 109 Å². The molecule has 2 nitrogen and oxygen atoms in total. The van der Waals surface area contributed by atoms with Crippen LogP contribution in [0.5, 0.6) is 0 Å². The smallest absolute Gasteiger partial charge is 0.138 e. The average molecular weight is 334 g/mol. The Kier molecular flexibility index (Phi) is 3.56. The maximum atomic E-state index is 13.5. The minimum Gasteiger partial charge on any atom is -0.397 e. The van der Waals surface area contributed by atoms with E-state index in [0.29, 0.717) is 15.2 Å². The van der Waals surface area contributed by atoms with Gasteiger partial charge in [-0.15, -0.1) is 0 Å². The van der Waals surface area contributed by atoms with Gasteiger partial charge in [-0.05, 0) is 47.4 Å². The van der Waals surface area contributed by atoms with Gasteiger partial charge >= 0.3 is 0 Å². The van der Waals surface area contributed by atoms with E-state index in [0.717, 1.165) is 25.2 Å². The van der Waals surface area contributed by atoms with Gasteiger partial charge in [0.1, 0.15) is 5.82 Å². The van der Waals surface area contributed by atoms with Crippen LogP contribution in [0.4, 0.5) is 15.8 Å². The third-order valence-corrected chi connectivity index (χ3v) is 3.89. The zero-order valence-electron chi connectivity index (χ0n) is 9.34. The van der Waals surface area contributed by atoms with E-state index >= 15 is 0 Å². The molecule has 1 atom stereocenters. The number of rotatable bonds is 1. The Balaban J connectivity index is 2.29. The summed E-state index contributed by atoms with van der Waals surface area (Å²) in [6.07, 6.45) is 2.41. The minimum atomic E-state index is -0.178. The van der Waals surface area contributed by atoms with Crippen molar-refractivity contribution in [3.63, 3.8) is 0 Å². The summed E-state index contributed by atoms with van der Waals surface area (Å²) in [6.45, 7) is 4.18. The topological polar surface area (TPSA) is 29.3 Å². The molecule has 2 N–H and O–H groups in total. The van der Waals surface area contributed by atoms with Crippen LogP contribution in [0.1, 0.15) is 19.8 Å². The fraction of sp³-hybridized carbons (Fsp3) is 0.500. The van der Waals surface area contributed by atoms with Crippen molar-refractivity contribution in [1.82, 2.24) is 0 Å². The van der Waals surface area contributed by atoms with Crippen LogP contribution in [0, 0.1) is 15.3 Å². The van der Waals surface area contributed by atoms with Crippen molar-refractivity contribution < 1.29 is 4.39 Å². The number of benzene rings is 1. The number of nitrogen functional groups attached to an aromatic ring is 1. The highest BCUT2D eigenvalue weighted by Crippen LogP contribution is 2.30. The second-order valence-electron chi connectivity index (χ2n) is 4.52. The summed E-state index contributed by atoms with van der Waals surface area (Å²) in [7, 11) is 0. The number of hydrogen-bond donors (Lipinski definition) is 1. The van der Waals surface area contributed by atoms with Gasteiger partial charge in [0.15, 0.2) is 0 Å². The second-order valence-corrected chi connectivity index (χ2v) is 5.68. The van der Waals surface area contributed by atoms with E-state index in [4.69, 9.17) is 5.73 Å². The SMILES string of the molecule is CC1CCCN(c2cc(F)c(I)cc2N)C1. The average Bonchev–Trinajstić information content (AvgIpc) is 2.23. The lowest BCUT2D eigenvalue weighted by molar-refractivity contribution is 0.446. The van der Waals surface area contributed by atoms with Gasteiger partial charge in [-0.1, -0.05) is 6.92 Å². The molecule has 0 amide bonds. The predicted octanol–water partition coefficient (Wildman–Crippen LogP) is 3.25. The fourth-order valence-corrected chi connectivity index (χ4v) is 2.72. The van der Waals surface area contributed by atoms with Crippen LogP contribution in [0.3, 0.4) is 0 Å². The normalized spacial score (nSPS) is 21.2. The molecule has 1 saturated heterocycles. The summed E-state index contributed by atoms with van der Waals surface area (Å²) < 4.78 is 14.1. The van der Waals surface area contributed by atoms with Crippen molar-refractivity contribution in [3.05, 3.63) is 21.5 Å². The number of anilines is 2. The Morgan fingerprint density at radius 2 is 2.25 bits per heavy atom. The van der Waals surface area contributed by atoms with E-state index in [2.05, 4.69) is 11.8 Å². The first-order valence-electron chi connectivity index (χ1n) is 5.57. The Bertz CT molecular complexity index is 395. The third kappa shape index (κ3) is 2.42. The standard InChI is InChI=1S/C12H16FIN2/c1-8-3-2-4-16(7-8)12-5-9(13)10(14)6-11(12)15/h5-6,8H,2-4,7,15H2,1H3. The van der Waals surface area contributed by atoms with Crippen molar-refractivity contribution in [2.24, 2.45) is 5.92 Å². The molecule has 1 aliphatic rings. The summed E-state index contributed by atoms with van der Waals surface area (Å²) in [4.78, 5) is 2.20. The number of halogens is 2. The van der Waals surface area contributed by atoms with Crippen molar-refractivity contribution in [2.45, 2.75) is 19.8 Å². The molecule has 1 aromatic rings. The van der Waals surface area contributed by atoms with Gasteiger partial charge in [0.25, 0.3) is 0 Å². The summed E-state index contributed by atoms with van der Waals surface area (Å²) in [6, 6.07) is 3.28. The lowest BCUT2D eigenvalue weighted by Crippen LogP contribution is -2.34. The first kappa shape index (κ1) is 12.0. The maximum Gasteiger partial charge on any atom is 0.138 e. The van der Waals surface area contributed by atoms with Crippen LogP contribution in [-0.4, -0.2) is 13.1 Å². The molecule has 1 aliphatic heterocycles. The Morgan fingerprint density at radius 1 is 1.50 bits per heavy atom. The third-order valence-electron chi connectivity index (χ3n) is 3.07. The molecule has 1 heterocycles. The quantitative estimate of drug-likeness (QED) is 0.631. The van der Waals surface area contributed by atoms with E-state index in [1.54, 1.807) is 12.1 Å². The predicted molar refractivity (Wildman–Crippen MR) is 74.1 cm³/mol. The van der Waals surface area contributed by atoms with Gasteiger partial charge in [0.2, 0.25) is 0 Å². The molecule has 1 fully saturated rings. The fourth-order valence-electron chi connectivity index (χ4n) is 2.23. The van der Waals surface area contributed by atoms with Gasteiger partial charge in [-0.25, -0.2) is 4.39 Å². The molecule has 0 saturated carbocycles. The first-order valence-corrected chi connectivity index (χ1v) is 6.65. The second kappa shape index (κ2) is 4.77. The highest BCUT2D eigenvalue weighted by atomic mass is 127. The molecule has 0 radical (unpaired) electrons. The zero-order valence-corrected chi connectivity index (χ0v) is 11.5. The van der Waals surface area contributed by atoms with Crippen LogP contribution < -0.4 is 10.6 Å². The van der Waals surface area contributed by atoms with E-state index in [9.17, 15) is 4.39 Å². The molecule has 1 unspecified atom stereocenters. The number of nitrogens with zero attached hydrogens (tertiary/aromatic N) is 1. The van der Waals surface area contributed by atoms with Crippen LogP contribution in [0.25, 0.3) is 0 Å². The number of hydrogen-bond acceptors (Lipinski definition) is 2.